The van der Waals surface area contributed by atoms with Crippen LogP contribution in [-0.4, -0.2) is 42.4 Å². The van der Waals surface area contributed by atoms with Crippen molar-refractivity contribution in [2.24, 2.45) is 5.41 Å². The molecule has 0 bridgehead atoms. The van der Waals surface area contributed by atoms with E-state index in [1.165, 1.54) is 13.0 Å². The van der Waals surface area contributed by atoms with E-state index in [2.05, 4.69) is 0 Å². The SMILES string of the molecule is CC(=O)CCCC(=O)C[C@H]1Cc2cccc(C(=O)OCOC(=O)C(C)(C)C)c2OB1O. The number of fused-ring (bicyclic) bond motifs is 1. The van der Waals surface area contributed by atoms with Crippen molar-refractivity contribution in [1.82, 2.24) is 0 Å². The van der Waals surface area contributed by atoms with E-state index < -0.39 is 37.1 Å². The molecular weight excluding hydrogens is 403 g/mol. The molecule has 0 aromatic heterocycles. The standard InChI is InChI=1S/C22H29BO8/c1-14(24)7-5-9-17(25)12-16-11-15-8-6-10-18(19(15)31-23(16)28)20(26)29-13-30-21(27)22(2,3)4/h6,8,10,16,28H,5,7,9,11-13H2,1-4H3/t16-/m1/s1. The Morgan fingerprint density at radius 1 is 1.16 bits per heavy atom. The second-order valence-corrected chi connectivity index (χ2v) is 8.80. The van der Waals surface area contributed by atoms with Crippen molar-refractivity contribution < 1.29 is 38.3 Å². The summed E-state index contributed by atoms with van der Waals surface area (Å²) in [4.78, 5) is 47.4. The topological polar surface area (TPSA) is 116 Å². The van der Waals surface area contributed by atoms with Crippen LogP contribution in [0.2, 0.25) is 5.82 Å². The van der Waals surface area contributed by atoms with Crippen LogP contribution in [0.15, 0.2) is 18.2 Å². The van der Waals surface area contributed by atoms with Gasteiger partial charge >= 0.3 is 19.1 Å². The van der Waals surface area contributed by atoms with Crippen LogP contribution in [0.3, 0.4) is 0 Å². The second-order valence-electron chi connectivity index (χ2n) is 8.80. The maximum atomic E-state index is 12.4. The van der Waals surface area contributed by atoms with Gasteiger partial charge in [-0.1, -0.05) is 12.1 Å². The van der Waals surface area contributed by atoms with Gasteiger partial charge in [0.05, 0.1) is 5.41 Å². The third kappa shape index (κ3) is 7.20. The number of hydrogen-bond acceptors (Lipinski definition) is 8. The molecule has 0 radical (unpaired) electrons. The summed E-state index contributed by atoms with van der Waals surface area (Å²) < 4.78 is 15.5. The van der Waals surface area contributed by atoms with E-state index in [1.807, 2.05) is 0 Å². The molecule has 1 atom stereocenters. The Morgan fingerprint density at radius 2 is 1.87 bits per heavy atom. The number of rotatable bonds is 9. The molecule has 0 unspecified atom stereocenters. The highest BCUT2D eigenvalue weighted by atomic mass is 16.7. The lowest BCUT2D eigenvalue weighted by atomic mass is 9.64. The second kappa shape index (κ2) is 10.6. The summed E-state index contributed by atoms with van der Waals surface area (Å²) >= 11 is 0. The highest BCUT2D eigenvalue weighted by molar-refractivity contribution is 6.47. The molecule has 1 aromatic rings. The van der Waals surface area contributed by atoms with Gasteiger partial charge in [0.1, 0.15) is 22.9 Å². The molecule has 1 aliphatic heterocycles. The van der Waals surface area contributed by atoms with Crippen LogP contribution in [0.5, 0.6) is 5.75 Å². The van der Waals surface area contributed by atoms with Crippen molar-refractivity contribution in [3.63, 3.8) is 0 Å². The molecule has 2 rings (SSSR count). The predicted molar refractivity (Wildman–Crippen MR) is 112 cm³/mol. The third-order valence-electron chi connectivity index (χ3n) is 4.91. The molecule has 9 heteroatoms. The molecule has 168 valence electrons. The first-order valence-corrected chi connectivity index (χ1v) is 10.3. The van der Waals surface area contributed by atoms with Crippen LogP contribution in [-0.2, 0) is 30.3 Å². The number of esters is 2. The number of carbonyl (C=O) groups excluding carboxylic acids is 4. The molecular formula is C22H29BO8. The molecule has 0 amide bonds. The zero-order chi connectivity index (χ0) is 23.2. The minimum atomic E-state index is -1.25. The largest absolute Gasteiger partial charge is 0.535 e. The van der Waals surface area contributed by atoms with Gasteiger partial charge in [-0.2, -0.15) is 0 Å². The van der Waals surface area contributed by atoms with E-state index >= 15 is 0 Å². The van der Waals surface area contributed by atoms with Crippen LogP contribution < -0.4 is 4.65 Å². The molecule has 1 heterocycles. The molecule has 1 N–H and O–H groups in total. The molecule has 0 spiro atoms. The van der Waals surface area contributed by atoms with E-state index in [0.717, 1.165) is 0 Å². The number of para-hydroxylation sites is 1. The molecule has 0 saturated carbocycles. The molecule has 1 aliphatic rings. The Balaban J connectivity index is 1.98. The third-order valence-corrected chi connectivity index (χ3v) is 4.91. The van der Waals surface area contributed by atoms with E-state index in [1.54, 1.807) is 32.9 Å². The Labute approximate surface area is 182 Å². The fourth-order valence-electron chi connectivity index (χ4n) is 3.18. The van der Waals surface area contributed by atoms with Crippen LogP contribution in [0, 0.1) is 5.41 Å². The smallest absolute Gasteiger partial charge is 0.526 e. The van der Waals surface area contributed by atoms with Crippen LogP contribution in [0.25, 0.3) is 0 Å². The summed E-state index contributed by atoms with van der Waals surface area (Å²) in [5, 5.41) is 10.4. The average molecular weight is 432 g/mol. The molecule has 31 heavy (non-hydrogen) atoms. The highest BCUT2D eigenvalue weighted by Crippen LogP contribution is 2.36. The van der Waals surface area contributed by atoms with Crippen molar-refractivity contribution in [2.45, 2.75) is 65.6 Å². The highest BCUT2D eigenvalue weighted by Gasteiger charge is 2.37. The molecule has 0 fully saturated rings. The Bertz CT molecular complexity index is 842. The van der Waals surface area contributed by atoms with Crippen molar-refractivity contribution in [1.29, 1.82) is 0 Å². The first-order chi connectivity index (χ1) is 14.5. The van der Waals surface area contributed by atoms with Crippen molar-refractivity contribution in [3.8, 4) is 5.75 Å². The zero-order valence-electron chi connectivity index (χ0n) is 18.4. The summed E-state index contributed by atoms with van der Waals surface area (Å²) in [7, 11) is -1.25. The summed E-state index contributed by atoms with van der Waals surface area (Å²) in [6, 6.07) is 4.90. The monoisotopic (exact) mass is 432 g/mol. The normalized spacial score (nSPS) is 15.5. The number of carbonyl (C=O) groups is 4. The van der Waals surface area contributed by atoms with Crippen LogP contribution in [0.4, 0.5) is 0 Å². The van der Waals surface area contributed by atoms with E-state index in [0.29, 0.717) is 24.8 Å². The van der Waals surface area contributed by atoms with Crippen molar-refractivity contribution >= 4 is 30.6 Å². The van der Waals surface area contributed by atoms with Crippen LogP contribution in [0.1, 0.15) is 69.3 Å². The summed E-state index contributed by atoms with van der Waals surface area (Å²) in [5.41, 5.74) is 0.0620. The van der Waals surface area contributed by atoms with E-state index in [4.69, 9.17) is 14.1 Å². The van der Waals surface area contributed by atoms with Gasteiger partial charge in [0.2, 0.25) is 6.79 Å². The fraction of sp³-hybridized carbons (Fsp3) is 0.545. The van der Waals surface area contributed by atoms with Crippen molar-refractivity contribution in [3.05, 3.63) is 29.3 Å². The van der Waals surface area contributed by atoms with Gasteiger partial charge in [0.25, 0.3) is 0 Å². The number of ketones is 2. The maximum absolute atomic E-state index is 12.4. The van der Waals surface area contributed by atoms with Gasteiger partial charge in [-0.3, -0.25) is 9.59 Å². The first kappa shape index (κ1) is 24.6. The van der Waals surface area contributed by atoms with Crippen molar-refractivity contribution in [2.75, 3.05) is 6.79 Å². The van der Waals surface area contributed by atoms with Gasteiger partial charge in [-0.05, 0) is 52.2 Å². The molecule has 8 nitrogen and oxygen atoms in total. The van der Waals surface area contributed by atoms with Gasteiger partial charge < -0.3 is 23.9 Å². The summed E-state index contributed by atoms with van der Waals surface area (Å²) in [6.07, 6.45) is 1.60. The Hall–Kier alpha value is -2.68. The average Bonchev–Trinajstić information content (AvgIpc) is 2.66. The van der Waals surface area contributed by atoms with Gasteiger partial charge in [0.15, 0.2) is 0 Å². The number of benzene rings is 1. The minimum absolute atomic E-state index is 0.0374. The van der Waals surface area contributed by atoms with E-state index in [9.17, 15) is 24.2 Å². The predicted octanol–water partition coefficient (Wildman–Crippen LogP) is 2.89. The Morgan fingerprint density at radius 3 is 2.52 bits per heavy atom. The van der Waals surface area contributed by atoms with Gasteiger partial charge in [-0.25, -0.2) is 4.79 Å². The molecule has 0 aliphatic carbocycles. The summed E-state index contributed by atoms with van der Waals surface area (Å²) in [6.45, 7) is 6.01. The zero-order valence-corrected chi connectivity index (χ0v) is 18.4. The quantitative estimate of drug-likeness (QED) is 0.360. The van der Waals surface area contributed by atoms with E-state index in [-0.39, 0.29) is 35.7 Å². The first-order valence-electron chi connectivity index (χ1n) is 10.3. The lowest BCUT2D eigenvalue weighted by Crippen LogP contribution is -2.36. The fourth-order valence-corrected chi connectivity index (χ4v) is 3.18. The maximum Gasteiger partial charge on any atom is 0.526 e. The lowest BCUT2D eigenvalue weighted by molar-refractivity contribution is -0.161. The Kier molecular flexibility index (Phi) is 8.39. The summed E-state index contributed by atoms with van der Waals surface area (Å²) in [5.74, 6) is -1.51. The van der Waals surface area contributed by atoms with Crippen LogP contribution >= 0.6 is 0 Å². The number of hydrogen-bond donors (Lipinski definition) is 1. The minimum Gasteiger partial charge on any atom is -0.535 e. The van der Waals surface area contributed by atoms with Gasteiger partial charge in [0, 0.05) is 25.1 Å². The lowest BCUT2D eigenvalue weighted by Gasteiger charge is -2.28. The molecule has 0 saturated heterocycles. The number of Topliss-reactive ketones (excluding diaryl/α,β-unsaturated/α-hetero) is 2. The molecule has 1 aromatic carbocycles. The number of ether oxygens (including phenoxy) is 2. The van der Waals surface area contributed by atoms with Gasteiger partial charge in [-0.15, -0.1) is 0 Å².